The Morgan fingerprint density at radius 1 is 0.933 bits per heavy atom. The average Bonchev–Trinajstić information content (AvgIpc) is 2.76. The van der Waals surface area contributed by atoms with E-state index in [1.54, 1.807) is 30.3 Å². The van der Waals surface area contributed by atoms with E-state index >= 15 is 0 Å². The number of nitrogens with one attached hydrogen (secondary N) is 2. The van der Waals surface area contributed by atoms with Gasteiger partial charge in [-0.1, -0.05) is 42.1 Å². The largest absolute Gasteiger partial charge is 0.366 e. The molecule has 30 heavy (non-hydrogen) atoms. The van der Waals surface area contributed by atoms with Crippen LogP contribution in [0.3, 0.4) is 0 Å². The molecule has 4 N–H and O–H groups in total. The zero-order chi connectivity index (χ0) is 21.3. The lowest BCUT2D eigenvalue weighted by Crippen LogP contribution is -2.15. The van der Waals surface area contributed by atoms with Crippen molar-refractivity contribution in [1.29, 1.82) is 5.26 Å². The molecule has 0 aliphatic heterocycles. The van der Waals surface area contributed by atoms with Gasteiger partial charge in [-0.05, 0) is 48.5 Å². The monoisotopic (exact) mass is 414 g/mol. The van der Waals surface area contributed by atoms with Crippen LogP contribution >= 0.6 is 11.8 Å². The summed E-state index contributed by atoms with van der Waals surface area (Å²) in [4.78, 5) is 25.6. The van der Waals surface area contributed by atoms with E-state index in [1.807, 2.05) is 54.6 Å². The van der Waals surface area contributed by atoms with Gasteiger partial charge in [-0.25, -0.2) is 0 Å². The Morgan fingerprint density at radius 2 is 1.60 bits per heavy atom. The van der Waals surface area contributed by atoms with Crippen molar-refractivity contribution in [2.45, 2.75) is 9.79 Å². The van der Waals surface area contributed by atoms with Crippen LogP contribution in [0.4, 0.5) is 11.4 Å². The Labute approximate surface area is 178 Å². The first-order chi connectivity index (χ1) is 14.6. The molecule has 0 unspecified atom stereocenters. The fourth-order valence-corrected chi connectivity index (χ4v) is 3.42. The molecule has 0 saturated heterocycles. The smallest absolute Gasteiger partial charge is 0.267 e. The molecule has 0 radical (unpaired) electrons. The van der Waals surface area contributed by atoms with Crippen LogP contribution in [0.25, 0.3) is 0 Å². The topological polar surface area (TPSA) is 108 Å². The number of nitrogens with two attached hydrogens (primary N) is 1. The second-order valence-electron chi connectivity index (χ2n) is 6.12. The minimum Gasteiger partial charge on any atom is -0.366 e. The maximum atomic E-state index is 12.6. The number of carbonyl (C=O) groups excluding carboxylic acids is 2. The second-order valence-corrected chi connectivity index (χ2v) is 7.24. The quantitative estimate of drug-likeness (QED) is 0.392. The predicted molar refractivity (Wildman–Crippen MR) is 118 cm³/mol. The highest BCUT2D eigenvalue weighted by Crippen LogP contribution is 2.33. The van der Waals surface area contributed by atoms with Crippen molar-refractivity contribution in [3.8, 4) is 6.07 Å². The lowest BCUT2D eigenvalue weighted by Gasteiger charge is -2.10. The van der Waals surface area contributed by atoms with Crippen molar-refractivity contribution in [2.24, 2.45) is 5.73 Å². The third-order valence-electron chi connectivity index (χ3n) is 4.02. The number of primary amides is 1. The van der Waals surface area contributed by atoms with Gasteiger partial charge in [0.05, 0.1) is 5.69 Å². The molecule has 0 aliphatic rings. The van der Waals surface area contributed by atoms with Crippen molar-refractivity contribution >= 4 is 35.0 Å². The standard InChI is InChI=1S/C23H18N4O2S/c24-14-17(15-26-18-12-10-16(11-13-18)22(25)28)23(29)27-20-8-4-5-9-21(20)30-19-6-2-1-3-7-19/h1-13,15,26H,(H2,25,28)(H,27,29)/b17-15-. The fraction of sp³-hybridized carbons (Fsp3) is 0. The molecule has 2 amide bonds. The van der Waals surface area contributed by atoms with E-state index in [2.05, 4.69) is 10.6 Å². The number of nitriles is 1. The normalized spacial score (nSPS) is 10.7. The summed E-state index contributed by atoms with van der Waals surface area (Å²) in [6.45, 7) is 0. The summed E-state index contributed by atoms with van der Waals surface area (Å²) < 4.78 is 0. The summed E-state index contributed by atoms with van der Waals surface area (Å²) >= 11 is 1.52. The molecule has 0 fully saturated rings. The number of hydrogen-bond donors (Lipinski definition) is 3. The van der Waals surface area contributed by atoms with Crippen LogP contribution in [0, 0.1) is 11.3 Å². The van der Waals surface area contributed by atoms with E-state index in [4.69, 9.17) is 5.73 Å². The molecule has 0 aromatic heterocycles. The number of para-hydroxylation sites is 1. The highest BCUT2D eigenvalue weighted by Gasteiger charge is 2.12. The number of nitrogens with zero attached hydrogens (tertiary/aromatic N) is 1. The zero-order valence-electron chi connectivity index (χ0n) is 15.8. The Balaban J connectivity index is 1.71. The molecule has 148 valence electrons. The second kappa shape index (κ2) is 9.96. The minimum atomic E-state index is -0.528. The lowest BCUT2D eigenvalue weighted by atomic mass is 10.2. The summed E-state index contributed by atoms with van der Waals surface area (Å²) in [5, 5.41) is 15.1. The third kappa shape index (κ3) is 5.50. The van der Waals surface area contributed by atoms with Crippen LogP contribution in [0.15, 0.2) is 100 Å². The molecule has 0 aliphatic carbocycles. The van der Waals surface area contributed by atoms with Crippen molar-refractivity contribution in [3.63, 3.8) is 0 Å². The van der Waals surface area contributed by atoms with Gasteiger partial charge in [0.15, 0.2) is 0 Å². The summed E-state index contributed by atoms with van der Waals surface area (Å²) in [6, 6.07) is 25.5. The van der Waals surface area contributed by atoms with E-state index < -0.39 is 11.8 Å². The molecule has 3 aromatic rings. The van der Waals surface area contributed by atoms with Gasteiger partial charge in [-0.2, -0.15) is 5.26 Å². The number of anilines is 2. The number of rotatable bonds is 7. The van der Waals surface area contributed by atoms with Crippen molar-refractivity contribution in [3.05, 3.63) is 96.2 Å². The van der Waals surface area contributed by atoms with E-state index in [0.29, 0.717) is 16.9 Å². The maximum absolute atomic E-state index is 12.6. The van der Waals surface area contributed by atoms with Gasteiger partial charge in [0, 0.05) is 27.2 Å². The van der Waals surface area contributed by atoms with Gasteiger partial charge in [0.25, 0.3) is 5.91 Å². The molecule has 0 saturated carbocycles. The summed E-state index contributed by atoms with van der Waals surface area (Å²) in [7, 11) is 0. The number of amides is 2. The Bertz CT molecular complexity index is 1120. The molecular weight excluding hydrogens is 396 g/mol. The molecule has 6 nitrogen and oxygen atoms in total. The van der Waals surface area contributed by atoms with Crippen molar-refractivity contribution < 1.29 is 9.59 Å². The van der Waals surface area contributed by atoms with Gasteiger partial charge in [-0.3, -0.25) is 9.59 Å². The lowest BCUT2D eigenvalue weighted by molar-refractivity contribution is -0.112. The van der Waals surface area contributed by atoms with Crippen LogP contribution in [0.5, 0.6) is 0 Å². The Morgan fingerprint density at radius 3 is 2.27 bits per heavy atom. The highest BCUT2D eigenvalue weighted by molar-refractivity contribution is 7.99. The zero-order valence-corrected chi connectivity index (χ0v) is 16.6. The minimum absolute atomic E-state index is 0.0894. The van der Waals surface area contributed by atoms with Crippen LogP contribution < -0.4 is 16.4 Å². The fourth-order valence-electron chi connectivity index (χ4n) is 2.50. The van der Waals surface area contributed by atoms with Gasteiger partial charge < -0.3 is 16.4 Å². The SMILES string of the molecule is N#C/C(=C/Nc1ccc(C(N)=O)cc1)C(=O)Nc1ccccc1Sc1ccccc1. The summed E-state index contributed by atoms with van der Waals surface area (Å²) in [5.41, 5.74) is 6.72. The molecule has 3 rings (SSSR count). The van der Waals surface area contributed by atoms with Crippen LogP contribution in [0.1, 0.15) is 10.4 Å². The van der Waals surface area contributed by atoms with E-state index in [0.717, 1.165) is 9.79 Å². The van der Waals surface area contributed by atoms with Crippen LogP contribution in [-0.2, 0) is 4.79 Å². The number of carbonyl (C=O) groups is 2. The van der Waals surface area contributed by atoms with Gasteiger partial charge in [-0.15, -0.1) is 0 Å². The van der Waals surface area contributed by atoms with Crippen LogP contribution in [0.2, 0.25) is 0 Å². The Kier molecular flexibility index (Phi) is 6.87. The molecule has 0 heterocycles. The van der Waals surface area contributed by atoms with E-state index in [-0.39, 0.29) is 5.57 Å². The molecule has 0 bridgehead atoms. The molecular formula is C23H18N4O2S. The molecule has 7 heteroatoms. The maximum Gasteiger partial charge on any atom is 0.267 e. The van der Waals surface area contributed by atoms with E-state index in [9.17, 15) is 14.9 Å². The third-order valence-corrected chi connectivity index (χ3v) is 5.11. The molecule has 0 spiro atoms. The first-order valence-electron chi connectivity index (χ1n) is 8.97. The van der Waals surface area contributed by atoms with Gasteiger partial charge in [0.2, 0.25) is 5.91 Å². The first kappa shape index (κ1) is 20.7. The number of benzene rings is 3. The van der Waals surface area contributed by atoms with Gasteiger partial charge in [0.1, 0.15) is 11.6 Å². The Hall–Kier alpha value is -4.02. The highest BCUT2D eigenvalue weighted by atomic mass is 32.2. The van der Waals surface area contributed by atoms with Crippen molar-refractivity contribution in [2.75, 3.05) is 10.6 Å². The summed E-state index contributed by atoms with van der Waals surface area (Å²) in [5.74, 6) is -1.05. The van der Waals surface area contributed by atoms with Crippen molar-refractivity contribution in [1.82, 2.24) is 0 Å². The summed E-state index contributed by atoms with van der Waals surface area (Å²) in [6.07, 6.45) is 1.32. The van der Waals surface area contributed by atoms with Crippen LogP contribution in [-0.4, -0.2) is 11.8 Å². The van der Waals surface area contributed by atoms with Gasteiger partial charge >= 0.3 is 0 Å². The molecule has 0 atom stereocenters. The van der Waals surface area contributed by atoms with E-state index in [1.165, 1.54) is 18.0 Å². The predicted octanol–water partition coefficient (Wildman–Crippen LogP) is 4.39. The molecule has 3 aromatic carbocycles. The first-order valence-corrected chi connectivity index (χ1v) is 9.78. The number of hydrogen-bond acceptors (Lipinski definition) is 5. The average molecular weight is 414 g/mol.